The molecule has 1 heterocycles. The lowest BCUT2D eigenvalue weighted by atomic mass is 10.1. The van der Waals surface area contributed by atoms with Gasteiger partial charge in [0.05, 0.1) is 24.8 Å². The van der Waals surface area contributed by atoms with Crippen LogP contribution in [0.15, 0.2) is 41.3 Å². The molecule has 0 bridgehead atoms. The third kappa shape index (κ3) is 3.25. The van der Waals surface area contributed by atoms with Gasteiger partial charge in [-0.3, -0.25) is 9.59 Å². The van der Waals surface area contributed by atoms with Crippen LogP contribution in [-0.4, -0.2) is 30.5 Å². The standard InChI is InChI=1S/C19H17NO5S/c1-11-5-4-6-13(7-11)20-18(22)16(26-19(20)23)10-12-8-14(24-2)17(21)15(9-12)25-3/h4-10,21H,1-3H3/b16-10-. The molecule has 1 N–H and O–H groups in total. The average molecular weight is 371 g/mol. The lowest BCUT2D eigenvalue weighted by molar-refractivity contribution is -0.113. The molecule has 0 unspecified atom stereocenters. The number of hydrogen-bond acceptors (Lipinski definition) is 6. The Morgan fingerprint density at radius 2 is 1.73 bits per heavy atom. The molecule has 1 saturated heterocycles. The Balaban J connectivity index is 1.98. The molecule has 134 valence electrons. The summed E-state index contributed by atoms with van der Waals surface area (Å²) in [7, 11) is 2.84. The first-order valence-electron chi connectivity index (χ1n) is 7.74. The van der Waals surface area contributed by atoms with Crippen molar-refractivity contribution in [3.8, 4) is 17.2 Å². The molecule has 0 radical (unpaired) electrons. The first-order chi connectivity index (χ1) is 12.4. The molecule has 1 aliphatic heterocycles. The van der Waals surface area contributed by atoms with Gasteiger partial charge in [0.15, 0.2) is 11.5 Å². The van der Waals surface area contributed by atoms with Gasteiger partial charge in [-0.2, -0.15) is 0 Å². The van der Waals surface area contributed by atoms with Gasteiger partial charge in [0.2, 0.25) is 5.75 Å². The third-order valence-corrected chi connectivity index (χ3v) is 4.72. The zero-order valence-electron chi connectivity index (χ0n) is 14.5. The van der Waals surface area contributed by atoms with Crippen molar-refractivity contribution in [1.82, 2.24) is 0 Å². The van der Waals surface area contributed by atoms with Gasteiger partial charge in [0, 0.05) is 0 Å². The lowest BCUT2D eigenvalue weighted by Gasteiger charge is -2.13. The Morgan fingerprint density at radius 1 is 1.08 bits per heavy atom. The molecule has 0 aromatic heterocycles. The van der Waals surface area contributed by atoms with Crippen LogP contribution in [0, 0.1) is 6.92 Å². The van der Waals surface area contributed by atoms with E-state index in [1.165, 1.54) is 14.2 Å². The minimum absolute atomic E-state index is 0.125. The number of carbonyl (C=O) groups excluding carboxylic acids is 2. The molecule has 3 rings (SSSR count). The van der Waals surface area contributed by atoms with Crippen molar-refractivity contribution in [1.29, 1.82) is 0 Å². The molecule has 2 aromatic carbocycles. The first-order valence-corrected chi connectivity index (χ1v) is 8.56. The van der Waals surface area contributed by atoms with Crippen LogP contribution in [0.1, 0.15) is 11.1 Å². The minimum atomic E-state index is -0.392. The summed E-state index contributed by atoms with van der Waals surface area (Å²) < 4.78 is 10.2. The fourth-order valence-corrected chi connectivity index (χ4v) is 3.45. The number of nitrogens with zero attached hydrogens (tertiary/aromatic N) is 1. The number of hydrogen-bond donors (Lipinski definition) is 1. The SMILES string of the molecule is COc1cc(/C=C2\SC(=O)N(c3cccc(C)c3)C2=O)cc(OC)c1O. The van der Waals surface area contributed by atoms with Crippen molar-refractivity contribution in [2.24, 2.45) is 0 Å². The molecule has 7 heteroatoms. The highest BCUT2D eigenvalue weighted by Gasteiger charge is 2.36. The topological polar surface area (TPSA) is 76.1 Å². The van der Waals surface area contributed by atoms with Crippen molar-refractivity contribution in [3.05, 3.63) is 52.4 Å². The summed E-state index contributed by atoms with van der Waals surface area (Å²) >= 11 is 0.863. The molecule has 6 nitrogen and oxygen atoms in total. The maximum atomic E-state index is 12.7. The fourth-order valence-electron chi connectivity index (χ4n) is 2.61. The second-order valence-corrected chi connectivity index (χ2v) is 6.62. The number of amides is 2. The highest BCUT2D eigenvalue weighted by Crippen LogP contribution is 2.40. The maximum absolute atomic E-state index is 12.7. The van der Waals surface area contributed by atoms with Crippen molar-refractivity contribution in [2.45, 2.75) is 6.92 Å². The number of aromatic hydroxyl groups is 1. The van der Waals surface area contributed by atoms with Gasteiger partial charge in [0.25, 0.3) is 11.1 Å². The van der Waals surface area contributed by atoms with E-state index in [0.29, 0.717) is 11.3 Å². The second-order valence-electron chi connectivity index (χ2n) is 5.63. The molecule has 0 saturated carbocycles. The summed E-state index contributed by atoms with van der Waals surface area (Å²) in [5.74, 6) is -0.0846. The van der Waals surface area contributed by atoms with Gasteiger partial charge < -0.3 is 14.6 Å². The average Bonchev–Trinajstić information content (AvgIpc) is 2.89. The van der Waals surface area contributed by atoms with Crippen molar-refractivity contribution in [3.63, 3.8) is 0 Å². The Bertz CT molecular complexity index is 897. The molecular weight excluding hydrogens is 354 g/mol. The quantitative estimate of drug-likeness (QED) is 0.820. The monoisotopic (exact) mass is 371 g/mol. The third-order valence-electron chi connectivity index (χ3n) is 3.85. The summed E-state index contributed by atoms with van der Waals surface area (Å²) in [4.78, 5) is 26.5. The Labute approximate surface area is 155 Å². The van der Waals surface area contributed by atoms with E-state index in [1.54, 1.807) is 36.4 Å². The van der Waals surface area contributed by atoms with Crippen molar-refractivity contribution >= 4 is 34.7 Å². The first kappa shape index (κ1) is 17.9. The molecule has 1 aliphatic rings. The number of anilines is 1. The van der Waals surface area contributed by atoms with E-state index in [9.17, 15) is 14.7 Å². The van der Waals surface area contributed by atoms with E-state index in [1.807, 2.05) is 13.0 Å². The van der Waals surface area contributed by atoms with Gasteiger partial charge in [-0.25, -0.2) is 4.90 Å². The summed E-state index contributed by atoms with van der Waals surface area (Å²) in [5, 5.41) is 9.62. The highest BCUT2D eigenvalue weighted by molar-refractivity contribution is 8.19. The van der Waals surface area contributed by atoms with Crippen LogP contribution in [-0.2, 0) is 4.79 Å². The summed E-state index contributed by atoms with van der Waals surface area (Å²) in [6.07, 6.45) is 1.57. The van der Waals surface area contributed by atoms with E-state index in [0.717, 1.165) is 22.2 Å². The summed E-state index contributed by atoms with van der Waals surface area (Å²) in [6, 6.07) is 10.3. The lowest BCUT2D eigenvalue weighted by Crippen LogP contribution is -2.27. The molecule has 0 spiro atoms. The Morgan fingerprint density at radius 3 is 2.31 bits per heavy atom. The molecule has 0 atom stereocenters. The minimum Gasteiger partial charge on any atom is -0.502 e. The zero-order chi connectivity index (χ0) is 18.8. The van der Waals surface area contributed by atoms with E-state index in [4.69, 9.17) is 9.47 Å². The normalized spacial score (nSPS) is 15.7. The van der Waals surface area contributed by atoms with E-state index < -0.39 is 5.91 Å². The molecular formula is C19H17NO5S. The molecule has 2 amide bonds. The van der Waals surface area contributed by atoms with Crippen LogP contribution in [0.5, 0.6) is 17.2 Å². The van der Waals surface area contributed by atoms with E-state index >= 15 is 0 Å². The summed E-state index contributed by atoms with van der Waals surface area (Å²) in [5.41, 5.74) is 2.07. The zero-order valence-corrected chi connectivity index (χ0v) is 15.3. The molecule has 1 fully saturated rings. The van der Waals surface area contributed by atoms with Gasteiger partial charge >= 0.3 is 0 Å². The van der Waals surface area contributed by atoms with Crippen LogP contribution in [0.2, 0.25) is 0 Å². The number of methoxy groups -OCH3 is 2. The largest absolute Gasteiger partial charge is 0.502 e. The van der Waals surface area contributed by atoms with Gasteiger partial charge in [-0.15, -0.1) is 0 Å². The number of carbonyl (C=O) groups is 2. The van der Waals surface area contributed by atoms with Crippen LogP contribution >= 0.6 is 11.8 Å². The van der Waals surface area contributed by atoms with Gasteiger partial charge in [0.1, 0.15) is 0 Å². The van der Waals surface area contributed by atoms with E-state index in [2.05, 4.69) is 0 Å². The Hall–Kier alpha value is -2.93. The van der Waals surface area contributed by atoms with E-state index in [-0.39, 0.29) is 27.4 Å². The number of benzene rings is 2. The number of rotatable bonds is 4. The van der Waals surface area contributed by atoms with Gasteiger partial charge in [-0.1, -0.05) is 12.1 Å². The number of thioether (sulfide) groups is 1. The number of phenols is 1. The second kappa shape index (κ2) is 7.13. The van der Waals surface area contributed by atoms with Crippen molar-refractivity contribution in [2.75, 3.05) is 19.1 Å². The number of ether oxygens (including phenoxy) is 2. The van der Waals surface area contributed by atoms with Crippen molar-refractivity contribution < 1.29 is 24.2 Å². The van der Waals surface area contributed by atoms with Crippen LogP contribution < -0.4 is 14.4 Å². The predicted molar refractivity (Wildman–Crippen MR) is 101 cm³/mol. The molecule has 2 aromatic rings. The van der Waals surface area contributed by atoms with Gasteiger partial charge in [-0.05, 0) is 60.2 Å². The Kier molecular flexibility index (Phi) is 4.90. The number of aryl methyl sites for hydroxylation is 1. The fraction of sp³-hybridized carbons (Fsp3) is 0.158. The number of imide groups is 1. The smallest absolute Gasteiger partial charge is 0.298 e. The van der Waals surface area contributed by atoms with Crippen LogP contribution in [0.25, 0.3) is 6.08 Å². The summed E-state index contributed by atoms with van der Waals surface area (Å²) in [6.45, 7) is 1.90. The highest BCUT2D eigenvalue weighted by atomic mass is 32.2. The number of phenolic OH excluding ortho intramolecular Hbond substituents is 1. The van der Waals surface area contributed by atoms with Crippen LogP contribution in [0.3, 0.4) is 0 Å². The molecule has 0 aliphatic carbocycles. The predicted octanol–water partition coefficient (Wildman–Crippen LogP) is 3.96. The molecule has 26 heavy (non-hydrogen) atoms. The van der Waals surface area contributed by atoms with Crippen LogP contribution in [0.4, 0.5) is 10.5 Å². The maximum Gasteiger partial charge on any atom is 0.298 e.